The lowest BCUT2D eigenvalue weighted by molar-refractivity contribution is -0.116. The maximum atomic E-state index is 13.5. The molecule has 9 heteroatoms. The number of aromatic nitrogens is 3. The van der Waals surface area contributed by atoms with E-state index in [1.165, 1.54) is 27.7 Å². The van der Waals surface area contributed by atoms with Crippen LogP contribution in [0.25, 0.3) is 16.0 Å². The van der Waals surface area contributed by atoms with Gasteiger partial charge in [-0.2, -0.15) is 0 Å². The highest BCUT2D eigenvalue weighted by molar-refractivity contribution is 8.00. The second kappa shape index (κ2) is 9.36. The Hall–Kier alpha value is -3.17. The van der Waals surface area contributed by atoms with Gasteiger partial charge >= 0.3 is 5.69 Å². The van der Waals surface area contributed by atoms with Crippen LogP contribution in [0.1, 0.15) is 23.6 Å². The van der Waals surface area contributed by atoms with Crippen LogP contribution >= 0.6 is 23.1 Å². The third kappa shape index (κ3) is 4.51. The Labute approximate surface area is 199 Å². The molecule has 7 nitrogen and oxygen atoms in total. The number of rotatable bonds is 6. The number of hydrogen-bond acceptors (Lipinski definition) is 6. The smallest absolute Gasteiger partial charge is 0.324 e. The molecule has 0 bridgehead atoms. The summed E-state index contributed by atoms with van der Waals surface area (Å²) >= 11 is 2.62. The molecule has 1 N–H and O–H groups in total. The van der Waals surface area contributed by atoms with E-state index >= 15 is 0 Å². The first-order valence-electron chi connectivity index (χ1n) is 10.5. The number of amides is 1. The van der Waals surface area contributed by atoms with Crippen molar-refractivity contribution in [2.75, 3.05) is 11.6 Å². The molecule has 0 unspecified atom stereocenters. The monoisotopic (exact) mass is 480 g/mol. The summed E-state index contributed by atoms with van der Waals surface area (Å²) < 4.78 is 3.40. The van der Waals surface area contributed by atoms with Crippen molar-refractivity contribution in [3.05, 3.63) is 80.0 Å². The Bertz CT molecular complexity index is 1470. The zero-order chi connectivity index (χ0) is 23.7. The van der Waals surface area contributed by atoms with Gasteiger partial charge in [-0.05, 0) is 55.9 Å². The average molecular weight is 481 g/mol. The van der Waals surface area contributed by atoms with Gasteiger partial charge in [0.05, 0.1) is 5.69 Å². The summed E-state index contributed by atoms with van der Waals surface area (Å²) in [5, 5.41) is 2.87. The molecule has 2 heterocycles. The van der Waals surface area contributed by atoms with E-state index < -0.39 is 11.2 Å². The first-order valence-corrected chi connectivity index (χ1v) is 12.5. The predicted octanol–water partition coefficient (Wildman–Crippen LogP) is 4.15. The van der Waals surface area contributed by atoms with Crippen LogP contribution in [0, 0.1) is 13.8 Å². The third-order valence-corrected chi connectivity index (χ3v) is 7.42. The normalized spacial score (nSPS) is 11.2. The molecule has 0 fully saturated rings. The minimum atomic E-state index is -0.592. The SMILES string of the molecule is CCc1ccc(-n2c(=O)c3sc(SC)nc3n(CC(=O)Nc3ccc(C)cc3C)c2=O)cc1. The highest BCUT2D eigenvalue weighted by Gasteiger charge is 2.20. The molecule has 0 aliphatic rings. The number of nitrogens with zero attached hydrogens (tertiary/aromatic N) is 3. The van der Waals surface area contributed by atoms with Crippen LogP contribution in [0.15, 0.2) is 56.4 Å². The number of thioether (sulfide) groups is 1. The van der Waals surface area contributed by atoms with Crippen molar-refractivity contribution in [3.8, 4) is 5.69 Å². The summed E-state index contributed by atoms with van der Waals surface area (Å²) in [5.41, 5.74) is 3.48. The molecule has 33 heavy (non-hydrogen) atoms. The van der Waals surface area contributed by atoms with E-state index in [2.05, 4.69) is 10.3 Å². The quantitative estimate of drug-likeness (QED) is 0.419. The number of hydrogen-bond donors (Lipinski definition) is 1. The topological polar surface area (TPSA) is 86.0 Å². The highest BCUT2D eigenvalue weighted by Crippen LogP contribution is 2.25. The van der Waals surface area contributed by atoms with Gasteiger partial charge in [-0.25, -0.2) is 14.3 Å². The van der Waals surface area contributed by atoms with Gasteiger partial charge in [0.2, 0.25) is 5.91 Å². The fourth-order valence-corrected chi connectivity index (χ4v) is 5.13. The van der Waals surface area contributed by atoms with Gasteiger partial charge in [0.1, 0.15) is 11.2 Å². The van der Waals surface area contributed by atoms with E-state index in [0.29, 0.717) is 20.4 Å². The van der Waals surface area contributed by atoms with Gasteiger partial charge in [0, 0.05) is 5.69 Å². The molecular formula is C24H24N4O3S2. The lowest BCUT2D eigenvalue weighted by atomic mass is 10.1. The Morgan fingerprint density at radius 1 is 1.12 bits per heavy atom. The highest BCUT2D eigenvalue weighted by atomic mass is 32.2. The second-order valence-corrected chi connectivity index (χ2v) is 9.78. The molecule has 0 aliphatic carbocycles. The number of carbonyl (C=O) groups is 1. The second-order valence-electron chi connectivity index (χ2n) is 7.73. The minimum absolute atomic E-state index is 0.233. The van der Waals surface area contributed by atoms with Gasteiger partial charge in [-0.15, -0.1) is 11.3 Å². The fraction of sp³-hybridized carbons (Fsp3) is 0.250. The average Bonchev–Trinajstić information content (AvgIpc) is 3.24. The van der Waals surface area contributed by atoms with Crippen molar-refractivity contribution in [1.29, 1.82) is 0 Å². The molecule has 4 aromatic rings. The van der Waals surface area contributed by atoms with E-state index in [9.17, 15) is 14.4 Å². The molecule has 170 valence electrons. The van der Waals surface area contributed by atoms with Crippen LogP contribution in [0.5, 0.6) is 0 Å². The number of anilines is 1. The molecule has 0 aliphatic heterocycles. The Kier molecular flexibility index (Phi) is 6.53. The molecular weight excluding hydrogens is 456 g/mol. The Morgan fingerprint density at radius 3 is 2.48 bits per heavy atom. The maximum Gasteiger partial charge on any atom is 0.337 e. The van der Waals surface area contributed by atoms with Gasteiger partial charge in [-0.1, -0.05) is 48.5 Å². The molecule has 2 aromatic carbocycles. The Balaban J connectivity index is 1.82. The lowest BCUT2D eigenvalue weighted by Gasteiger charge is -2.13. The van der Waals surface area contributed by atoms with Crippen LogP contribution in [0.2, 0.25) is 0 Å². The fourth-order valence-electron chi connectivity index (χ4n) is 3.64. The lowest BCUT2D eigenvalue weighted by Crippen LogP contribution is -2.40. The van der Waals surface area contributed by atoms with E-state index in [-0.39, 0.29) is 18.1 Å². The van der Waals surface area contributed by atoms with Crippen LogP contribution < -0.4 is 16.6 Å². The molecule has 0 radical (unpaired) electrons. The molecule has 0 saturated heterocycles. The number of fused-ring (bicyclic) bond motifs is 1. The van der Waals surface area contributed by atoms with Crippen molar-refractivity contribution in [2.24, 2.45) is 0 Å². The van der Waals surface area contributed by atoms with E-state index in [4.69, 9.17) is 0 Å². The molecule has 0 saturated carbocycles. The van der Waals surface area contributed by atoms with E-state index in [1.807, 2.05) is 57.4 Å². The van der Waals surface area contributed by atoms with Crippen molar-refractivity contribution in [1.82, 2.24) is 14.1 Å². The number of nitrogens with one attached hydrogen (secondary N) is 1. The largest absolute Gasteiger partial charge is 0.337 e. The first kappa shape index (κ1) is 23.0. The zero-order valence-corrected chi connectivity index (χ0v) is 20.5. The van der Waals surface area contributed by atoms with Crippen LogP contribution in [-0.2, 0) is 17.8 Å². The van der Waals surface area contributed by atoms with E-state index in [1.54, 1.807) is 12.1 Å². The van der Waals surface area contributed by atoms with Crippen molar-refractivity contribution >= 4 is 45.0 Å². The molecule has 0 atom stereocenters. The van der Waals surface area contributed by atoms with Crippen LogP contribution in [0.3, 0.4) is 0 Å². The molecule has 4 rings (SSSR count). The summed E-state index contributed by atoms with van der Waals surface area (Å²) in [7, 11) is 0. The molecule has 0 spiro atoms. The summed E-state index contributed by atoms with van der Waals surface area (Å²) in [6.07, 6.45) is 2.71. The Morgan fingerprint density at radius 2 is 1.85 bits per heavy atom. The molecule has 1 amide bonds. The predicted molar refractivity (Wildman–Crippen MR) is 135 cm³/mol. The molecule has 2 aromatic heterocycles. The van der Waals surface area contributed by atoms with E-state index in [0.717, 1.165) is 27.7 Å². The third-order valence-electron chi connectivity index (χ3n) is 5.40. The standard InChI is InChI=1S/C24H24N4O3S2/c1-5-16-7-9-17(10-8-16)28-22(30)20-21(26-23(32-4)33-20)27(24(28)31)13-19(29)25-18-11-6-14(2)12-15(18)3/h6-12H,5,13H2,1-4H3,(H,25,29). The minimum Gasteiger partial charge on any atom is -0.324 e. The number of aryl methyl sites for hydroxylation is 3. The van der Waals surface area contributed by atoms with Crippen LogP contribution in [-0.4, -0.2) is 26.3 Å². The summed E-state index contributed by atoms with van der Waals surface area (Å²) in [6.45, 7) is 5.68. The van der Waals surface area contributed by atoms with Crippen molar-refractivity contribution in [3.63, 3.8) is 0 Å². The van der Waals surface area contributed by atoms with Crippen LogP contribution in [0.4, 0.5) is 5.69 Å². The van der Waals surface area contributed by atoms with Crippen molar-refractivity contribution < 1.29 is 4.79 Å². The number of benzene rings is 2. The summed E-state index contributed by atoms with van der Waals surface area (Å²) in [6, 6.07) is 13.0. The number of thiazole rings is 1. The maximum absolute atomic E-state index is 13.5. The van der Waals surface area contributed by atoms with Gasteiger partial charge < -0.3 is 5.32 Å². The van der Waals surface area contributed by atoms with Gasteiger partial charge in [0.25, 0.3) is 5.56 Å². The summed E-state index contributed by atoms with van der Waals surface area (Å²) in [4.78, 5) is 44.1. The zero-order valence-electron chi connectivity index (χ0n) is 18.8. The summed E-state index contributed by atoms with van der Waals surface area (Å²) in [5.74, 6) is -0.365. The van der Waals surface area contributed by atoms with Gasteiger partial charge in [0.15, 0.2) is 9.99 Å². The van der Waals surface area contributed by atoms with Gasteiger partial charge in [-0.3, -0.25) is 14.2 Å². The first-order chi connectivity index (χ1) is 15.8. The number of carbonyl (C=O) groups excluding carboxylic acids is 1. The van der Waals surface area contributed by atoms with Crippen molar-refractivity contribution in [2.45, 2.75) is 38.1 Å².